The molecule has 2 amide bonds. The third-order valence-electron chi connectivity index (χ3n) is 3.26. The van der Waals surface area contributed by atoms with Gasteiger partial charge >= 0.3 is 6.09 Å². The van der Waals surface area contributed by atoms with Crippen LogP contribution in [0.15, 0.2) is 0 Å². The van der Waals surface area contributed by atoms with Gasteiger partial charge in [-0.2, -0.15) is 5.26 Å². The Kier molecular flexibility index (Phi) is 7.12. The van der Waals surface area contributed by atoms with Crippen molar-refractivity contribution in [3.05, 3.63) is 0 Å². The Morgan fingerprint density at radius 3 is 2.64 bits per heavy atom. The molecule has 1 heterocycles. The highest BCUT2D eigenvalue weighted by molar-refractivity contribution is 5.79. The highest BCUT2D eigenvalue weighted by atomic mass is 16.6. The number of likely N-dealkylation sites (tertiary alicyclic amines) is 1. The summed E-state index contributed by atoms with van der Waals surface area (Å²) >= 11 is 0. The van der Waals surface area contributed by atoms with Crippen LogP contribution in [-0.4, -0.2) is 55.2 Å². The van der Waals surface area contributed by atoms with Crippen molar-refractivity contribution in [2.24, 2.45) is 5.92 Å². The number of alkyl carbamates (subject to hydrolysis) is 1. The van der Waals surface area contributed by atoms with Crippen molar-refractivity contribution >= 4 is 12.0 Å². The summed E-state index contributed by atoms with van der Waals surface area (Å²) in [6.45, 7) is 7.95. The molecule has 0 bridgehead atoms. The number of piperidine rings is 1. The molecular formula is C15H26N4O3. The molecule has 0 aromatic heterocycles. The molecule has 0 spiro atoms. The quantitative estimate of drug-likeness (QED) is 0.580. The Labute approximate surface area is 132 Å². The van der Waals surface area contributed by atoms with Gasteiger partial charge in [-0.1, -0.05) is 0 Å². The van der Waals surface area contributed by atoms with E-state index < -0.39 is 11.7 Å². The van der Waals surface area contributed by atoms with E-state index in [2.05, 4.69) is 16.7 Å². The number of hydrogen-bond donors (Lipinski definition) is 2. The van der Waals surface area contributed by atoms with Crippen LogP contribution >= 0.6 is 0 Å². The molecule has 0 unspecified atom stereocenters. The van der Waals surface area contributed by atoms with Crippen molar-refractivity contribution in [3.63, 3.8) is 0 Å². The van der Waals surface area contributed by atoms with Crippen molar-refractivity contribution in [1.29, 1.82) is 5.26 Å². The van der Waals surface area contributed by atoms with E-state index in [4.69, 9.17) is 10.00 Å². The summed E-state index contributed by atoms with van der Waals surface area (Å²) in [6.07, 6.45) is 1.28. The van der Waals surface area contributed by atoms with Crippen LogP contribution in [0.3, 0.4) is 0 Å². The van der Waals surface area contributed by atoms with E-state index in [0.29, 0.717) is 26.2 Å². The molecule has 1 aliphatic rings. The summed E-state index contributed by atoms with van der Waals surface area (Å²) in [5.74, 6) is -0.0998. The molecule has 1 aliphatic heterocycles. The number of nitrogens with zero attached hydrogens (tertiary/aromatic N) is 2. The fourth-order valence-corrected chi connectivity index (χ4v) is 2.32. The number of amides is 2. The van der Waals surface area contributed by atoms with E-state index in [1.165, 1.54) is 0 Å². The zero-order chi connectivity index (χ0) is 16.6. The predicted molar refractivity (Wildman–Crippen MR) is 82.0 cm³/mol. The molecule has 22 heavy (non-hydrogen) atoms. The Balaban J connectivity index is 2.20. The first kappa shape index (κ1) is 18.2. The highest BCUT2D eigenvalue weighted by Gasteiger charge is 2.25. The lowest BCUT2D eigenvalue weighted by molar-refractivity contribution is -0.126. The van der Waals surface area contributed by atoms with Gasteiger partial charge in [-0.25, -0.2) is 4.79 Å². The standard InChI is InChI=1S/C15H26N4O3/c1-15(2,3)22-14(21)18-8-7-17-13(20)12-5-4-9-19(11-12)10-6-16/h12H,4-5,7-11H2,1-3H3,(H,17,20)(H,18,21)/t12-/m0/s1. The average Bonchev–Trinajstić information content (AvgIpc) is 2.42. The third-order valence-corrected chi connectivity index (χ3v) is 3.26. The average molecular weight is 310 g/mol. The number of nitriles is 1. The van der Waals surface area contributed by atoms with Crippen LogP contribution < -0.4 is 10.6 Å². The smallest absolute Gasteiger partial charge is 0.407 e. The van der Waals surface area contributed by atoms with Gasteiger partial charge < -0.3 is 15.4 Å². The number of carbonyl (C=O) groups excluding carboxylic acids is 2. The molecule has 0 radical (unpaired) electrons. The summed E-state index contributed by atoms with van der Waals surface area (Å²) in [7, 11) is 0. The summed E-state index contributed by atoms with van der Waals surface area (Å²) < 4.78 is 5.10. The fourth-order valence-electron chi connectivity index (χ4n) is 2.32. The first-order chi connectivity index (χ1) is 10.3. The molecule has 1 rings (SSSR count). The van der Waals surface area contributed by atoms with Gasteiger partial charge in [0.05, 0.1) is 18.5 Å². The van der Waals surface area contributed by atoms with Gasteiger partial charge in [0.15, 0.2) is 0 Å². The Hall–Kier alpha value is -1.81. The van der Waals surface area contributed by atoms with Crippen LogP contribution in [-0.2, 0) is 9.53 Å². The van der Waals surface area contributed by atoms with Crippen molar-refractivity contribution < 1.29 is 14.3 Å². The van der Waals surface area contributed by atoms with E-state index in [1.54, 1.807) is 20.8 Å². The van der Waals surface area contributed by atoms with Gasteiger partial charge in [-0.05, 0) is 40.2 Å². The van der Waals surface area contributed by atoms with Crippen LogP contribution in [0.1, 0.15) is 33.6 Å². The van der Waals surface area contributed by atoms with E-state index in [1.807, 2.05) is 4.90 Å². The van der Waals surface area contributed by atoms with Crippen LogP contribution in [0, 0.1) is 17.2 Å². The van der Waals surface area contributed by atoms with Gasteiger partial charge in [0.2, 0.25) is 5.91 Å². The minimum atomic E-state index is -0.528. The summed E-state index contributed by atoms with van der Waals surface area (Å²) in [5.41, 5.74) is -0.528. The maximum Gasteiger partial charge on any atom is 0.407 e. The third kappa shape index (κ3) is 7.27. The van der Waals surface area contributed by atoms with Gasteiger partial charge in [-0.3, -0.25) is 9.69 Å². The number of ether oxygens (including phenoxy) is 1. The Morgan fingerprint density at radius 2 is 2.00 bits per heavy atom. The molecule has 124 valence electrons. The molecule has 0 aliphatic carbocycles. The molecule has 2 N–H and O–H groups in total. The lowest BCUT2D eigenvalue weighted by Gasteiger charge is -2.30. The van der Waals surface area contributed by atoms with Crippen LogP contribution in [0.25, 0.3) is 0 Å². The van der Waals surface area contributed by atoms with Crippen molar-refractivity contribution in [1.82, 2.24) is 15.5 Å². The molecule has 1 atom stereocenters. The molecule has 1 saturated heterocycles. The van der Waals surface area contributed by atoms with Crippen molar-refractivity contribution in [2.45, 2.75) is 39.2 Å². The summed E-state index contributed by atoms with van der Waals surface area (Å²) in [6, 6.07) is 2.11. The van der Waals surface area contributed by atoms with Crippen LogP contribution in [0.5, 0.6) is 0 Å². The van der Waals surface area contributed by atoms with E-state index in [9.17, 15) is 9.59 Å². The predicted octanol–water partition coefficient (Wildman–Crippen LogP) is 0.863. The zero-order valence-electron chi connectivity index (χ0n) is 13.6. The second-order valence-corrected chi connectivity index (χ2v) is 6.45. The van der Waals surface area contributed by atoms with Crippen LogP contribution in [0.4, 0.5) is 4.79 Å². The first-order valence-corrected chi connectivity index (χ1v) is 7.65. The van der Waals surface area contributed by atoms with Gasteiger partial charge in [-0.15, -0.1) is 0 Å². The van der Waals surface area contributed by atoms with Gasteiger partial charge in [0, 0.05) is 19.6 Å². The molecule has 7 nitrogen and oxygen atoms in total. The maximum atomic E-state index is 12.1. The maximum absolute atomic E-state index is 12.1. The van der Waals surface area contributed by atoms with Crippen molar-refractivity contribution in [2.75, 3.05) is 32.7 Å². The fraction of sp³-hybridized carbons (Fsp3) is 0.800. The zero-order valence-corrected chi connectivity index (χ0v) is 13.6. The molecule has 1 fully saturated rings. The van der Waals surface area contributed by atoms with Crippen molar-refractivity contribution in [3.8, 4) is 6.07 Å². The van der Waals surface area contributed by atoms with E-state index in [-0.39, 0.29) is 11.8 Å². The first-order valence-electron chi connectivity index (χ1n) is 7.65. The SMILES string of the molecule is CC(C)(C)OC(=O)NCCNC(=O)[C@H]1CCCN(CC#N)C1. The number of nitrogens with one attached hydrogen (secondary N) is 2. The van der Waals surface area contributed by atoms with Gasteiger partial charge in [0.1, 0.15) is 5.60 Å². The highest BCUT2D eigenvalue weighted by Crippen LogP contribution is 2.15. The monoisotopic (exact) mass is 310 g/mol. The molecule has 7 heteroatoms. The minimum absolute atomic E-state index is 0.0198. The Morgan fingerprint density at radius 1 is 1.32 bits per heavy atom. The summed E-state index contributed by atoms with van der Waals surface area (Å²) in [5, 5.41) is 14.1. The topological polar surface area (TPSA) is 94.5 Å². The number of hydrogen-bond acceptors (Lipinski definition) is 5. The van der Waals surface area contributed by atoms with E-state index >= 15 is 0 Å². The number of rotatable bonds is 5. The summed E-state index contributed by atoms with van der Waals surface area (Å²) in [4.78, 5) is 25.5. The molecule has 0 aromatic rings. The lowest BCUT2D eigenvalue weighted by atomic mass is 9.97. The largest absolute Gasteiger partial charge is 0.444 e. The Bertz CT molecular complexity index is 425. The molecule has 0 aromatic carbocycles. The van der Waals surface area contributed by atoms with E-state index in [0.717, 1.165) is 19.4 Å². The second-order valence-electron chi connectivity index (χ2n) is 6.45. The normalized spacial score (nSPS) is 19.1. The lowest BCUT2D eigenvalue weighted by Crippen LogP contribution is -2.45. The van der Waals surface area contributed by atoms with Gasteiger partial charge in [0.25, 0.3) is 0 Å². The molecule has 0 saturated carbocycles. The second kappa shape index (κ2) is 8.59. The number of carbonyl (C=O) groups is 2. The minimum Gasteiger partial charge on any atom is -0.444 e. The molecular weight excluding hydrogens is 284 g/mol. The van der Waals surface area contributed by atoms with Crippen LogP contribution in [0.2, 0.25) is 0 Å².